The summed E-state index contributed by atoms with van der Waals surface area (Å²) >= 11 is 0. The topological polar surface area (TPSA) is 110 Å². The van der Waals surface area contributed by atoms with Crippen molar-refractivity contribution in [2.75, 3.05) is 22.9 Å². The molecule has 0 unspecified atom stereocenters. The van der Waals surface area contributed by atoms with Gasteiger partial charge < -0.3 is 21.7 Å². The molecule has 1 aliphatic rings. The molecular formula is C24H26F2N6O. The fourth-order valence-corrected chi connectivity index (χ4v) is 4.05. The van der Waals surface area contributed by atoms with Crippen LogP contribution in [0.3, 0.4) is 0 Å². The quantitative estimate of drug-likeness (QED) is 0.511. The summed E-state index contributed by atoms with van der Waals surface area (Å²) < 4.78 is 27.4. The first-order valence-electron chi connectivity index (χ1n) is 10.8. The number of halogens is 2. The van der Waals surface area contributed by atoms with Crippen LogP contribution in [-0.2, 0) is 11.3 Å². The number of carbonyl (C=O) groups is 1. The number of nitrogens with one attached hydrogen (secondary N) is 1. The van der Waals surface area contributed by atoms with Gasteiger partial charge in [0.1, 0.15) is 17.5 Å². The van der Waals surface area contributed by atoms with Gasteiger partial charge in [0.05, 0.1) is 17.3 Å². The molecule has 5 N–H and O–H groups in total. The van der Waals surface area contributed by atoms with Crippen molar-refractivity contribution >= 4 is 23.4 Å². The van der Waals surface area contributed by atoms with Crippen LogP contribution in [0.2, 0.25) is 0 Å². The molecule has 7 nitrogen and oxygen atoms in total. The maximum Gasteiger partial charge on any atom is 0.225 e. The minimum atomic E-state index is -0.535. The summed E-state index contributed by atoms with van der Waals surface area (Å²) in [7, 11) is 0. The van der Waals surface area contributed by atoms with Gasteiger partial charge in [-0.25, -0.2) is 13.8 Å². The SMILES string of the molecule is C[C@@H]1CC[C@H](C(=O)NCc2cccc(F)c2)CN1c1cc(-c2ccc(N)c(F)c2)nc(N)n1. The van der Waals surface area contributed by atoms with E-state index in [0.29, 0.717) is 29.2 Å². The summed E-state index contributed by atoms with van der Waals surface area (Å²) in [6.07, 6.45) is 1.51. The van der Waals surface area contributed by atoms with Crippen molar-refractivity contribution in [3.63, 3.8) is 0 Å². The molecule has 0 bridgehead atoms. The zero-order chi connectivity index (χ0) is 23.5. The van der Waals surface area contributed by atoms with E-state index in [0.717, 1.165) is 12.8 Å². The van der Waals surface area contributed by atoms with Crippen molar-refractivity contribution in [2.24, 2.45) is 5.92 Å². The van der Waals surface area contributed by atoms with Crippen LogP contribution in [0.4, 0.5) is 26.2 Å². The molecule has 0 aliphatic carbocycles. The number of nitrogen functional groups attached to an aromatic ring is 2. The molecule has 2 aromatic carbocycles. The number of hydrogen-bond acceptors (Lipinski definition) is 6. The Morgan fingerprint density at radius 3 is 2.70 bits per heavy atom. The minimum absolute atomic E-state index is 0.0535. The van der Waals surface area contributed by atoms with Crippen LogP contribution >= 0.6 is 0 Å². The Kier molecular flexibility index (Phi) is 6.39. The summed E-state index contributed by atoms with van der Waals surface area (Å²) in [5.41, 5.74) is 13.3. The maximum absolute atomic E-state index is 14.0. The maximum atomic E-state index is 14.0. The summed E-state index contributed by atoms with van der Waals surface area (Å²) in [6.45, 7) is 2.76. The van der Waals surface area contributed by atoms with Crippen LogP contribution < -0.4 is 21.7 Å². The number of hydrogen-bond donors (Lipinski definition) is 3. The van der Waals surface area contributed by atoms with Crippen molar-refractivity contribution in [3.8, 4) is 11.3 Å². The molecule has 2 atom stereocenters. The first-order valence-corrected chi connectivity index (χ1v) is 10.8. The third kappa shape index (κ3) is 5.19. The van der Waals surface area contributed by atoms with E-state index < -0.39 is 5.82 Å². The highest BCUT2D eigenvalue weighted by atomic mass is 19.1. The number of nitrogens with zero attached hydrogens (tertiary/aromatic N) is 3. The standard InChI is InChI=1S/C24H26F2N6O/c1-14-5-6-17(23(33)29-12-15-3-2-4-18(25)9-15)13-32(14)22-11-21(30-24(28)31-22)16-7-8-20(27)19(26)10-16/h2-4,7-11,14,17H,5-6,12-13,27H2,1H3,(H,29,33)(H2,28,30,31)/t14-,17+/m1/s1. The Hall–Kier alpha value is -3.75. The second-order valence-electron chi connectivity index (χ2n) is 8.33. The third-order valence-corrected chi connectivity index (χ3v) is 5.93. The Morgan fingerprint density at radius 2 is 1.94 bits per heavy atom. The Morgan fingerprint density at radius 1 is 1.12 bits per heavy atom. The lowest BCUT2D eigenvalue weighted by atomic mass is 9.92. The Balaban J connectivity index is 1.51. The molecule has 1 aliphatic heterocycles. The molecule has 0 spiro atoms. The highest BCUT2D eigenvalue weighted by molar-refractivity contribution is 5.79. The number of piperidine rings is 1. The van der Waals surface area contributed by atoms with E-state index in [1.54, 1.807) is 24.3 Å². The van der Waals surface area contributed by atoms with Gasteiger partial charge in [0, 0.05) is 30.8 Å². The lowest BCUT2D eigenvalue weighted by Crippen LogP contribution is -2.47. The molecular weight excluding hydrogens is 426 g/mol. The number of rotatable bonds is 5. The van der Waals surface area contributed by atoms with E-state index >= 15 is 0 Å². The minimum Gasteiger partial charge on any atom is -0.396 e. The number of benzene rings is 2. The smallest absolute Gasteiger partial charge is 0.225 e. The predicted molar refractivity (Wildman–Crippen MR) is 124 cm³/mol. The molecule has 1 fully saturated rings. The molecule has 4 rings (SSSR count). The number of amides is 1. The molecule has 0 saturated carbocycles. The molecule has 9 heteroatoms. The predicted octanol–water partition coefficient (Wildman–Crippen LogP) is 3.51. The Labute approximate surface area is 190 Å². The molecule has 0 radical (unpaired) electrons. The molecule has 3 aromatic rings. The van der Waals surface area contributed by atoms with Crippen molar-refractivity contribution in [2.45, 2.75) is 32.4 Å². The van der Waals surface area contributed by atoms with Crippen LogP contribution in [0.15, 0.2) is 48.5 Å². The highest BCUT2D eigenvalue weighted by Crippen LogP contribution is 2.30. The van der Waals surface area contributed by atoms with Crippen LogP contribution in [0.25, 0.3) is 11.3 Å². The van der Waals surface area contributed by atoms with Crippen molar-refractivity contribution < 1.29 is 13.6 Å². The first kappa shape index (κ1) is 22.4. The fraction of sp³-hybridized carbons (Fsp3) is 0.292. The second-order valence-corrected chi connectivity index (χ2v) is 8.33. The van der Waals surface area contributed by atoms with E-state index in [2.05, 4.69) is 22.2 Å². The molecule has 1 aromatic heterocycles. The van der Waals surface area contributed by atoms with Gasteiger partial charge in [0.2, 0.25) is 11.9 Å². The van der Waals surface area contributed by atoms with E-state index in [-0.39, 0.29) is 41.9 Å². The number of anilines is 3. The third-order valence-electron chi connectivity index (χ3n) is 5.93. The number of aromatic nitrogens is 2. The number of carbonyl (C=O) groups excluding carboxylic acids is 1. The highest BCUT2D eigenvalue weighted by Gasteiger charge is 2.31. The first-order chi connectivity index (χ1) is 15.8. The molecule has 33 heavy (non-hydrogen) atoms. The summed E-state index contributed by atoms with van der Waals surface area (Å²) in [5.74, 6) is -0.595. The zero-order valence-corrected chi connectivity index (χ0v) is 18.3. The van der Waals surface area contributed by atoms with Crippen LogP contribution in [-0.4, -0.2) is 28.5 Å². The Bertz CT molecular complexity index is 1170. The average Bonchev–Trinajstić information content (AvgIpc) is 2.79. The zero-order valence-electron chi connectivity index (χ0n) is 18.3. The van der Waals surface area contributed by atoms with Crippen molar-refractivity contribution in [1.82, 2.24) is 15.3 Å². The number of nitrogens with two attached hydrogens (primary N) is 2. The fourth-order valence-electron chi connectivity index (χ4n) is 4.05. The van der Waals surface area contributed by atoms with E-state index in [1.165, 1.54) is 24.3 Å². The van der Waals surface area contributed by atoms with E-state index in [9.17, 15) is 13.6 Å². The van der Waals surface area contributed by atoms with Gasteiger partial charge in [-0.3, -0.25) is 4.79 Å². The molecule has 172 valence electrons. The second kappa shape index (κ2) is 9.40. The lowest BCUT2D eigenvalue weighted by Gasteiger charge is -2.38. The average molecular weight is 453 g/mol. The van der Waals surface area contributed by atoms with Crippen molar-refractivity contribution in [3.05, 3.63) is 65.7 Å². The molecule has 1 amide bonds. The van der Waals surface area contributed by atoms with Gasteiger partial charge in [-0.05, 0) is 49.6 Å². The van der Waals surface area contributed by atoms with Crippen LogP contribution in [0, 0.1) is 17.6 Å². The van der Waals surface area contributed by atoms with E-state index in [1.807, 2.05) is 4.90 Å². The van der Waals surface area contributed by atoms with Gasteiger partial charge in [-0.1, -0.05) is 18.2 Å². The summed E-state index contributed by atoms with van der Waals surface area (Å²) in [4.78, 5) is 23.5. The van der Waals surface area contributed by atoms with Crippen LogP contribution in [0.5, 0.6) is 0 Å². The van der Waals surface area contributed by atoms with E-state index in [4.69, 9.17) is 11.5 Å². The largest absolute Gasteiger partial charge is 0.396 e. The normalized spacial score (nSPS) is 18.2. The van der Waals surface area contributed by atoms with Gasteiger partial charge in [-0.2, -0.15) is 4.98 Å². The summed E-state index contributed by atoms with van der Waals surface area (Å²) in [6, 6.07) is 12.5. The monoisotopic (exact) mass is 452 g/mol. The van der Waals surface area contributed by atoms with Crippen molar-refractivity contribution in [1.29, 1.82) is 0 Å². The summed E-state index contributed by atoms with van der Waals surface area (Å²) in [5, 5.41) is 2.90. The molecule has 2 heterocycles. The van der Waals surface area contributed by atoms with Crippen LogP contribution in [0.1, 0.15) is 25.3 Å². The van der Waals surface area contributed by atoms with Gasteiger partial charge in [0.25, 0.3) is 0 Å². The van der Waals surface area contributed by atoms with Gasteiger partial charge in [-0.15, -0.1) is 0 Å². The van der Waals surface area contributed by atoms with Gasteiger partial charge in [0.15, 0.2) is 0 Å². The van der Waals surface area contributed by atoms with Gasteiger partial charge >= 0.3 is 0 Å². The molecule has 1 saturated heterocycles. The lowest BCUT2D eigenvalue weighted by molar-refractivity contribution is -0.125.